The third-order valence-electron chi connectivity index (χ3n) is 3.97. The molecular formula is C17H29NOS. The standard InChI is InChI=1S/C17H29NOS/c1-7-17(5,6)11-10-13(4)18-15-9-8-14(20-15)16(19)12(2)3/h8-9,12-13,18H,7,10-11H2,1-6H3. The molecular weight excluding hydrogens is 266 g/mol. The average Bonchev–Trinajstić information content (AvgIpc) is 2.84. The molecule has 0 spiro atoms. The lowest BCUT2D eigenvalue weighted by atomic mass is 9.84. The lowest BCUT2D eigenvalue weighted by Crippen LogP contribution is -2.19. The fraction of sp³-hybridized carbons (Fsp3) is 0.706. The summed E-state index contributed by atoms with van der Waals surface area (Å²) in [5.74, 6) is 0.312. The molecule has 0 fully saturated rings. The van der Waals surface area contributed by atoms with Crippen LogP contribution in [0.1, 0.15) is 70.5 Å². The predicted octanol–water partition coefficient (Wildman–Crippen LogP) is 5.60. The third-order valence-corrected chi connectivity index (χ3v) is 5.00. The van der Waals surface area contributed by atoms with Crippen LogP contribution in [-0.4, -0.2) is 11.8 Å². The number of carbonyl (C=O) groups excluding carboxylic acids is 1. The zero-order valence-electron chi connectivity index (χ0n) is 13.7. The zero-order valence-corrected chi connectivity index (χ0v) is 14.6. The Kier molecular flexibility index (Phi) is 6.25. The van der Waals surface area contributed by atoms with Crippen molar-refractivity contribution < 1.29 is 4.79 Å². The Balaban J connectivity index is 2.51. The van der Waals surface area contributed by atoms with E-state index < -0.39 is 0 Å². The summed E-state index contributed by atoms with van der Waals surface area (Å²) in [7, 11) is 0. The highest BCUT2D eigenvalue weighted by atomic mass is 32.1. The van der Waals surface area contributed by atoms with E-state index >= 15 is 0 Å². The van der Waals surface area contributed by atoms with Gasteiger partial charge in [0.25, 0.3) is 0 Å². The molecule has 0 aromatic carbocycles. The van der Waals surface area contributed by atoms with Crippen molar-refractivity contribution in [2.24, 2.45) is 11.3 Å². The monoisotopic (exact) mass is 295 g/mol. The van der Waals surface area contributed by atoms with Crippen molar-refractivity contribution in [3.05, 3.63) is 17.0 Å². The molecule has 3 heteroatoms. The van der Waals surface area contributed by atoms with Crippen LogP contribution in [0.3, 0.4) is 0 Å². The highest BCUT2D eigenvalue weighted by Crippen LogP contribution is 2.29. The van der Waals surface area contributed by atoms with Crippen molar-refractivity contribution >= 4 is 22.1 Å². The number of Topliss-reactive ketones (excluding diaryl/α,β-unsaturated/α-hetero) is 1. The van der Waals surface area contributed by atoms with E-state index in [1.165, 1.54) is 12.8 Å². The van der Waals surface area contributed by atoms with E-state index in [0.717, 1.165) is 16.3 Å². The second-order valence-electron chi connectivity index (χ2n) is 6.78. The molecule has 0 bridgehead atoms. The first-order valence-corrected chi connectivity index (χ1v) is 8.47. The lowest BCUT2D eigenvalue weighted by Gasteiger charge is -2.24. The van der Waals surface area contributed by atoms with Gasteiger partial charge in [0.15, 0.2) is 5.78 Å². The molecule has 1 unspecified atom stereocenters. The smallest absolute Gasteiger partial charge is 0.175 e. The molecule has 1 heterocycles. The molecule has 0 aliphatic carbocycles. The minimum atomic E-state index is 0.0734. The Morgan fingerprint density at radius 1 is 1.30 bits per heavy atom. The van der Waals surface area contributed by atoms with Gasteiger partial charge >= 0.3 is 0 Å². The fourth-order valence-corrected chi connectivity index (χ4v) is 3.04. The lowest BCUT2D eigenvalue weighted by molar-refractivity contribution is 0.0943. The van der Waals surface area contributed by atoms with Gasteiger partial charge in [-0.2, -0.15) is 0 Å². The van der Waals surface area contributed by atoms with Crippen LogP contribution < -0.4 is 5.32 Å². The molecule has 20 heavy (non-hydrogen) atoms. The fourth-order valence-electron chi connectivity index (χ4n) is 1.93. The van der Waals surface area contributed by atoms with Crippen molar-refractivity contribution in [2.75, 3.05) is 5.32 Å². The highest BCUT2D eigenvalue weighted by molar-refractivity contribution is 7.18. The van der Waals surface area contributed by atoms with E-state index in [-0.39, 0.29) is 11.7 Å². The topological polar surface area (TPSA) is 29.1 Å². The minimum absolute atomic E-state index is 0.0734. The maximum atomic E-state index is 11.9. The number of hydrogen-bond donors (Lipinski definition) is 1. The molecule has 1 aromatic heterocycles. The van der Waals surface area contributed by atoms with Gasteiger partial charge < -0.3 is 5.32 Å². The molecule has 0 saturated heterocycles. The van der Waals surface area contributed by atoms with E-state index in [2.05, 4.69) is 33.0 Å². The molecule has 0 aliphatic heterocycles. The molecule has 0 aliphatic rings. The molecule has 114 valence electrons. The number of anilines is 1. The van der Waals surface area contributed by atoms with E-state index in [1.807, 2.05) is 26.0 Å². The van der Waals surface area contributed by atoms with Gasteiger partial charge in [-0.25, -0.2) is 0 Å². The maximum Gasteiger partial charge on any atom is 0.175 e. The van der Waals surface area contributed by atoms with Crippen LogP contribution in [-0.2, 0) is 0 Å². The van der Waals surface area contributed by atoms with Crippen molar-refractivity contribution in [3.63, 3.8) is 0 Å². The van der Waals surface area contributed by atoms with E-state index in [1.54, 1.807) is 11.3 Å². The van der Waals surface area contributed by atoms with Crippen molar-refractivity contribution in [2.45, 2.75) is 66.8 Å². The van der Waals surface area contributed by atoms with Crippen LogP contribution >= 0.6 is 11.3 Å². The summed E-state index contributed by atoms with van der Waals surface area (Å²) in [6.45, 7) is 13.0. The summed E-state index contributed by atoms with van der Waals surface area (Å²) in [4.78, 5) is 12.8. The van der Waals surface area contributed by atoms with E-state index in [4.69, 9.17) is 0 Å². The number of ketones is 1. The summed E-state index contributed by atoms with van der Waals surface area (Å²) in [6, 6.07) is 4.42. The number of hydrogen-bond acceptors (Lipinski definition) is 3. The largest absolute Gasteiger partial charge is 0.374 e. The summed E-state index contributed by atoms with van der Waals surface area (Å²) < 4.78 is 0. The third kappa shape index (κ3) is 5.28. The van der Waals surface area contributed by atoms with E-state index in [9.17, 15) is 4.79 Å². The quantitative estimate of drug-likeness (QED) is 0.632. The Bertz CT molecular complexity index is 434. The Hall–Kier alpha value is -0.830. The van der Waals surface area contributed by atoms with Crippen molar-refractivity contribution in [1.29, 1.82) is 0 Å². The van der Waals surface area contributed by atoms with Crippen LogP contribution in [0.2, 0.25) is 0 Å². The molecule has 0 radical (unpaired) electrons. The van der Waals surface area contributed by atoms with Crippen molar-refractivity contribution in [3.8, 4) is 0 Å². The molecule has 1 N–H and O–H groups in total. The summed E-state index contributed by atoms with van der Waals surface area (Å²) >= 11 is 1.58. The molecule has 0 amide bonds. The average molecular weight is 295 g/mol. The van der Waals surface area contributed by atoms with Gasteiger partial charge in [0, 0.05) is 12.0 Å². The van der Waals surface area contributed by atoms with Gasteiger partial charge in [0.05, 0.1) is 9.88 Å². The normalized spacial score (nSPS) is 13.6. The number of nitrogens with one attached hydrogen (secondary N) is 1. The Morgan fingerprint density at radius 2 is 1.95 bits per heavy atom. The maximum absolute atomic E-state index is 11.9. The second kappa shape index (κ2) is 7.26. The molecule has 0 saturated carbocycles. The van der Waals surface area contributed by atoms with Crippen LogP contribution in [0.25, 0.3) is 0 Å². The summed E-state index contributed by atoms with van der Waals surface area (Å²) in [5.41, 5.74) is 0.421. The van der Waals surface area contributed by atoms with E-state index in [0.29, 0.717) is 11.5 Å². The molecule has 1 aromatic rings. The first kappa shape index (κ1) is 17.2. The predicted molar refractivity (Wildman–Crippen MR) is 89.9 cm³/mol. The number of thiophene rings is 1. The van der Waals surface area contributed by atoms with Gasteiger partial charge in [-0.05, 0) is 37.3 Å². The number of rotatable bonds is 8. The Labute approximate surface area is 128 Å². The van der Waals surface area contributed by atoms with Gasteiger partial charge in [-0.15, -0.1) is 11.3 Å². The van der Waals surface area contributed by atoms with Crippen molar-refractivity contribution in [1.82, 2.24) is 0 Å². The van der Waals surface area contributed by atoms with Gasteiger partial charge in [0.2, 0.25) is 0 Å². The van der Waals surface area contributed by atoms with Gasteiger partial charge in [0.1, 0.15) is 0 Å². The second-order valence-corrected chi connectivity index (χ2v) is 7.87. The van der Waals surface area contributed by atoms with Crippen LogP contribution in [0.4, 0.5) is 5.00 Å². The molecule has 1 rings (SSSR count). The summed E-state index contributed by atoms with van der Waals surface area (Å²) in [5, 5.41) is 4.63. The zero-order chi connectivity index (χ0) is 15.3. The first-order chi connectivity index (χ1) is 9.25. The molecule has 2 nitrogen and oxygen atoms in total. The SMILES string of the molecule is CCC(C)(C)CCC(C)Nc1ccc(C(=O)C(C)C)s1. The Morgan fingerprint density at radius 3 is 2.50 bits per heavy atom. The van der Waals surface area contributed by atoms with Crippen LogP contribution in [0.15, 0.2) is 12.1 Å². The summed E-state index contributed by atoms with van der Waals surface area (Å²) in [6.07, 6.45) is 3.60. The minimum Gasteiger partial charge on any atom is -0.374 e. The van der Waals surface area contributed by atoms with Gasteiger partial charge in [-0.1, -0.05) is 41.0 Å². The number of carbonyl (C=O) groups is 1. The molecule has 1 atom stereocenters. The van der Waals surface area contributed by atoms with Crippen LogP contribution in [0.5, 0.6) is 0 Å². The highest BCUT2D eigenvalue weighted by Gasteiger charge is 2.17. The van der Waals surface area contributed by atoms with Gasteiger partial charge in [-0.3, -0.25) is 4.79 Å². The van der Waals surface area contributed by atoms with Crippen LogP contribution in [0, 0.1) is 11.3 Å². The first-order valence-electron chi connectivity index (χ1n) is 7.65.